The van der Waals surface area contributed by atoms with E-state index in [4.69, 9.17) is 9.47 Å². The van der Waals surface area contributed by atoms with Crippen LogP contribution in [0.25, 0.3) is 0 Å². The highest BCUT2D eigenvalue weighted by molar-refractivity contribution is 7.99. The summed E-state index contributed by atoms with van der Waals surface area (Å²) in [5.41, 5.74) is 0. The number of likely N-dealkylation sites (N-methyl/N-ethyl adjacent to an activating group) is 2. The third-order valence-corrected chi connectivity index (χ3v) is 4.42. The number of carbonyl (C=O) groups excluding carboxylic acids is 1. The van der Waals surface area contributed by atoms with Gasteiger partial charge in [-0.05, 0) is 25.2 Å². The third kappa shape index (κ3) is 5.10. The number of amides is 1. The van der Waals surface area contributed by atoms with Crippen molar-refractivity contribution >= 4 is 17.7 Å². The normalized spacial score (nSPS) is 13.5. The first-order valence-corrected chi connectivity index (χ1v) is 8.60. The fraction of sp³-hybridized carbons (Fsp3) is 0.562. The fourth-order valence-corrected chi connectivity index (χ4v) is 2.95. The molecule has 0 bridgehead atoms. The first-order valence-electron chi connectivity index (χ1n) is 7.61. The molecule has 0 fully saturated rings. The summed E-state index contributed by atoms with van der Waals surface area (Å²) in [7, 11) is 3.73. The average molecular weight is 324 g/mol. The second-order valence-electron chi connectivity index (χ2n) is 5.18. The number of ether oxygens (including phenoxy) is 2. The molecule has 1 aliphatic rings. The van der Waals surface area contributed by atoms with E-state index in [0.29, 0.717) is 19.6 Å². The summed E-state index contributed by atoms with van der Waals surface area (Å²) in [6, 6.07) is 5.97. The number of fused-ring (bicyclic) bond motifs is 1. The monoisotopic (exact) mass is 324 g/mol. The Hall–Kier alpha value is -1.40. The molecule has 0 unspecified atom stereocenters. The number of thioether (sulfide) groups is 1. The van der Waals surface area contributed by atoms with Gasteiger partial charge in [0, 0.05) is 43.6 Å². The van der Waals surface area contributed by atoms with Crippen molar-refractivity contribution in [2.45, 2.75) is 17.7 Å². The highest BCUT2D eigenvalue weighted by atomic mass is 32.2. The maximum atomic E-state index is 12.0. The Bertz CT molecular complexity index is 496. The van der Waals surface area contributed by atoms with E-state index in [0.717, 1.165) is 41.7 Å². The van der Waals surface area contributed by atoms with Gasteiger partial charge in [-0.2, -0.15) is 0 Å². The predicted molar refractivity (Wildman–Crippen MR) is 89.0 cm³/mol. The number of carbonyl (C=O) groups is 1. The van der Waals surface area contributed by atoms with Crippen LogP contribution in [-0.2, 0) is 4.79 Å². The number of rotatable bonds is 7. The molecule has 0 aliphatic carbocycles. The first kappa shape index (κ1) is 17.0. The molecule has 1 N–H and O–H groups in total. The van der Waals surface area contributed by atoms with Crippen LogP contribution >= 0.6 is 11.8 Å². The summed E-state index contributed by atoms with van der Waals surface area (Å²) in [5, 5.41) is 3.04. The zero-order valence-electron chi connectivity index (χ0n) is 13.3. The minimum atomic E-state index is 0.178. The molecule has 1 heterocycles. The summed E-state index contributed by atoms with van der Waals surface area (Å²) in [5.74, 6) is 2.56. The molecule has 1 aromatic rings. The van der Waals surface area contributed by atoms with Gasteiger partial charge in [-0.15, -0.1) is 11.8 Å². The number of benzene rings is 1. The summed E-state index contributed by atoms with van der Waals surface area (Å²) < 4.78 is 11.3. The average Bonchev–Trinajstić information content (AvgIpc) is 2.77. The standard InChI is InChI=1S/C16H24N2O3S/c1-17-7-8-18(2)16(19)6-11-22-13-4-5-14-15(12-13)21-10-3-9-20-14/h4-5,12,17H,3,6-11H2,1-2H3. The lowest BCUT2D eigenvalue weighted by Crippen LogP contribution is -2.32. The van der Waals surface area contributed by atoms with E-state index in [1.165, 1.54) is 0 Å². The zero-order valence-corrected chi connectivity index (χ0v) is 14.1. The Labute approximate surface area is 136 Å². The van der Waals surface area contributed by atoms with Crippen LogP contribution in [0.15, 0.2) is 23.1 Å². The molecule has 5 nitrogen and oxygen atoms in total. The summed E-state index contributed by atoms with van der Waals surface area (Å²) >= 11 is 1.67. The minimum Gasteiger partial charge on any atom is -0.490 e. The summed E-state index contributed by atoms with van der Waals surface area (Å²) in [4.78, 5) is 14.8. The SMILES string of the molecule is CNCCN(C)C(=O)CCSc1ccc2c(c1)OCCCO2. The molecule has 2 rings (SSSR count). The Balaban J connectivity index is 1.79. The molecular formula is C16H24N2O3S. The molecular weight excluding hydrogens is 300 g/mol. The van der Waals surface area contributed by atoms with Gasteiger partial charge >= 0.3 is 0 Å². The van der Waals surface area contributed by atoms with Gasteiger partial charge in [-0.1, -0.05) is 0 Å². The van der Waals surface area contributed by atoms with Gasteiger partial charge in [0.25, 0.3) is 0 Å². The van der Waals surface area contributed by atoms with E-state index >= 15 is 0 Å². The predicted octanol–water partition coefficient (Wildman–Crippen LogP) is 2.01. The van der Waals surface area contributed by atoms with Crippen molar-refractivity contribution in [2.75, 3.05) is 46.2 Å². The smallest absolute Gasteiger partial charge is 0.223 e. The van der Waals surface area contributed by atoms with Gasteiger partial charge in [0.1, 0.15) is 0 Å². The van der Waals surface area contributed by atoms with Crippen molar-refractivity contribution in [1.29, 1.82) is 0 Å². The van der Waals surface area contributed by atoms with Gasteiger partial charge in [0.05, 0.1) is 13.2 Å². The quantitative estimate of drug-likeness (QED) is 0.778. The van der Waals surface area contributed by atoms with Crippen LogP contribution in [0.5, 0.6) is 11.5 Å². The van der Waals surface area contributed by atoms with Gasteiger partial charge in [-0.3, -0.25) is 4.79 Å². The van der Waals surface area contributed by atoms with Crippen LogP contribution in [0.4, 0.5) is 0 Å². The van der Waals surface area contributed by atoms with E-state index < -0.39 is 0 Å². The van der Waals surface area contributed by atoms with Crippen molar-refractivity contribution < 1.29 is 14.3 Å². The summed E-state index contributed by atoms with van der Waals surface area (Å²) in [6.45, 7) is 2.95. The maximum Gasteiger partial charge on any atom is 0.223 e. The lowest BCUT2D eigenvalue weighted by atomic mass is 10.3. The van der Waals surface area contributed by atoms with Gasteiger partial charge in [-0.25, -0.2) is 0 Å². The van der Waals surface area contributed by atoms with E-state index in [1.807, 2.05) is 32.3 Å². The molecule has 0 radical (unpaired) electrons. The third-order valence-electron chi connectivity index (χ3n) is 3.43. The largest absolute Gasteiger partial charge is 0.490 e. The highest BCUT2D eigenvalue weighted by Gasteiger charge is 2.12. The number of hydrogen-bond donors (Lipinski definition) is 1. The molecule has 0 aromatic heterocycles. The molecule has 22 heavy (non-hydrogen) atoms. The van der Waals surface area contributed by atoms with Crippen molar-refractivity contribution in [1.82, 2.24) is 10.2 Å². The summed E-state index contributed by atoms with van der Waals surface area (Å²) in [6.07, 6.45) is 1.45. The molecule has 122 valence electrons. The van der Waals surface area contributed by atoms with Crippen LogP contribution in [0, 0.1) is 0 Å². The van der Waals surface area contributed by atoms with Crippen LogP contribution in [0.2, 0.25) is 0 Å². The Morgan fingerprint density at radius 2 is 2.09 bits per heavy atom. The van der Waals surface area contributed by atoms with E-state index in [-0.39, 0.29) is 5.91 Å². The molecule has 1 aliphatic heterocycles. The zero-order chi connectivity index (χ0) is 15.8. The molecule has 1 amide bonds. The van der Waals surface area contributed by atoms with Crippen LogP contribution in [-0.4, -0.2) is 57.0 Å². The van der Waals surface area contributed by atoms with E-state index in [9.17, 15) is 4.79 Å². The number of nitrogens with zero attached hydrogens (tertiary/aromatic N) is 1. The Morgan fingerprint density at radius 3 is 2.86 bits per heavy atom. The molecule has 0 spiro atoms. The molecule has 1 aromatic carbocycles. The Morgan fingerprint density at radius 1 is 1.32 bits per heavy atom. The van der Waals surface area contributed by atoms with Gasteiger partial charge in [0.15, 0.2) is 11.5 Å². The second kappa shape index (κ2) is 8.90. The van der Waals surface area contributed by atoms with Crippen LogP contribution in [0.1, 0.15) is 12.8 Å². The highest BCUT2D eigenvalue weighted by Crippen LogP contribution is 2.34. The van der Waals surface area contributed by atoms with Crippen molar-refractivity contribution in [3.8, 4) is 11.5 Å². The lowest BCUT2D eigenvalue weighted by Gasteiger charge is -2.16. The van der Waals surface area contributed by atoms with E-state index in [2.05, 4.69) is 5.32 Å². The fourth-order valence-electron chi connectivity index (χ4n) is 2.08. The number of hydrogen-bond acceptors (Lipinski definition) is 5. The minimum absolute atomic E-state index is 0.178. The van der Waals surface area contributed by atoms with Crippen molar-refractivity contribution in [3.63, 3.8) is 0 Å². The second-order valence-corrected chi connectivity index (χ2v) is 6.34. The first-order chi connectivity index (χ1) is 10.7. The Kier molecular flexibility index (Phi) is 6.86. The topological polar surface area (TPSA) is 50.8 Å². The lowest BCUT2D eigenvalue weighted by molar-refractivity contribution is -0.129. The molecule has 0 saturated heterocycles. The van der Waals surface area contributed by atoms with Crippen molar-refractivity contribution in [3.05, 3.63) is 18.2 Å². The molecule has 6 heteroatoms. The molecule has 0 saturated carbocycles. The number of nitrogens with one attached hydrogen (secondary N) is 1. The van der Waals surface area contributed by atoms with Gasteiger partial charge in [0.2, 0.25) is 5.91 Å². The van der Waals surface area contributed by atoms with E-state index in [1.54, 1.807) is 16.7 Å². The molecule has 0 atom stereocenters. The van der Waals surface area contributed by atoms with Crippen LogP contribution in [0.3, 0.4) is 0 Å². The van der Waals surface area contributed by atoms with Gasteiger partial charge < -0.3 is 19.7 Å². The van der Waals surface area contributed by atoms with Crippen molar-refractivity contribution in [2.24, 2.45) is 0 Å². The maximum absolute atomic E-state index is 12.0. The van der Waals surface area contributed by atoms with Crippen LogP contribution < -0.4 is 14.8 Å².